The van der Waals surface area contributed by atoms with Gasteiger partial charge in [-0.15, -0.1) is 5.10 Å². The second-order valence-electron chi connectivity index (χ2n) is 4.49. The van der Waals surface area contributed by atoms with E-state index in [1.807, 2.05) is 30.3 Å². The minimum Gasteiger partial charge on any atom is -0.444 e. The molecule has 7 heteroatoms. The van der Waals surface area contributed by atoms with Crippen molar-refractivity contribution in [2.24, 2.45) is 0 Å². The Bertz CT molecular complexity index is 726. The number of aromatic nitrogens is 4. The maximum atomic E-state index is 11.7. The molecule has 1 aromatic heterocycles. The molecular weight excluding hydrogens is 282 g/mol. The summed E-state index contributed by atoms with van der Waals surface area (Å²) in [5, 5.41) is 13.6. The Morgan fingerprint density at radius 2 is 1.86 bits per heavy atom. The Labute approximate surface area is 126 Å². The normalized spacial score (nSPS) is 10.2. The van der Waals surface area contributed by atoms with Crippen molar-refractivity contribution in [3.05, 3.63) is 66.5 Å². The molecule has 110 valence electrons. The Morgan fingerprint density at radius 3 is 2.55 bits per heavy atom. The van der Waals surface area contributed by atoms with Gasteiger partial charge in [-0.1, -0.05) is 30.3 Å². The van der Waals surface area contributed by atoms with Gasteiger partial charge in [0.25, 0.3) is 0 Å². The van der Waals surface area contributed by atoms with Gasteiger partial charge in [0.15, 0.2) is 0 Å². The first-order chi connectivity index (χ1) is 10.8. The molecule has 2 aromatic carbocycles. The fraction of sp³-hybridized carbons (Fsp3) is 0.0667. The molecule has 0 aliphatic heterocycles. The quantitative estimate of drug-likeness (QED) is 0.799. The molecule has 3 rings (SSSR count). The van der Waals surface area contributed by atoms with E-state index in [0.29, 0.717) is 5.69 Å². The molecule has 7 nitrogen and oxygen atoms in total. The van der Waals surface area contributed by atoms with Crippen LogP contribution in [0.5, 0.6) is 0 Å². The zero-order chi connectivity index (χ0) is 15.2. The smallest absolute Gasteiger partial charge is 0.411 e. The highest BCUT2D eigenvalue weighted by molar-refractivity contribution is 5.84. The first-order valence-electron chi connectivity index (χ1n) is 6.62. The zero-order valence-corrected chi connectivity index (χ0v) is 11.6. The van der Waals surface area contributed by atoms with Crippen molar-refractivity contribution >= 4 is 11.8 Å². The lowest BCUT2D eigenvalue weighted by molar-refractivity contribution is 0.155. The predicted octanol–water partition coefficient (Wildman–Crippen LogP) is 2.41. The highest BCUT2D eigenvalue weighted by Crippen LogP contribution is 2.12. The number of nitrogens with zero attached hydrogens (tertiary/aromatic N) is 4. The lowest BCUT2D eigenvalue weighted by Gasteiger charge is -2.07. The van der Waals surface area contributed by atoms with E-state index >= 15 is 0 Å². The van der Waals surface area contributed by atoms with Gasteiger partial charge >= 0.3 is 6.09 Å². The zero-order valence-electron chi connectivity index (χ0n) is 11.6. The van der Waals surface area contributed by atoms with Gasteiger partial charge in [0.2, 0.25) is 0 Å². The monoisotopic (exact) mass is 295 g/mol. The van der Waals surface area contributed by atoms with Gasteiger partial charge in [-0.05, 0) is 40.3 Å². The minimum absolute atomic E-state index is 0.232. The number of carbonyl (C=O) groups excluding carboxylic acids is 1. The SMILES string of the molecule is O=C(Nc1ccc(-n2cnnn2)cc1)OCc1ccccc1. The van der Waals surface area contributed by atoms with E-state index in [2.05, 4.69) is 20.8 Å². The third kappa shape index (κ3) is 3.45. The molecule has 0 saturated heterocycles. The summed E-state index contributed by atoms with van der Waals surface area (Å²) in [5.41, 5.74) is 2.37. The average Bonchev–Trinajstić information content (AvgIpc) is 3.09. The first kappa shape index (κ1) is 13.7. The Morgan fingerprint density at radius 1 is 1.09 bits per heavy atom. The lowest BCUT2D eigenvalue weighted by atomic mass is 10.2. The second-order valence-corrected chi connectivity index (χ2v) is 4.49. The molecule has 22 heavy (non-hydrogen) atoms. The van der Waals surface area contributed by atoms with Crippen LogP contribution in [0.3, 0.4) is 0 Å². The van der Waals surface area contributed by atoms with Crippen LogP contribution in [0.2, 0.25) is 0 Å². The van der Waals surface area contributed by atoms with Crippen molar-refractivity contribution in [1.29, 1.82) is 0 Å². The molecule has 3 aromatic rings. The molecule has 1 N–H and O–H groups in total. The highest BCUT2D eigenvalue weighted by atomic mass is 16.5. The molecule has 0 unspecified atom stereocenters. The van der Waals surface area contributed by atoms with Crippen molar-refractivity contribution in [1.82, 2.24) is 20.2 Å². The molecule has 0 fully saturated rings. The highest BCUT2D eigenvalue weighted by Gasteiger charge is 2.04. The molecule has 0 bridgehead atoms. The number of nitrogens with one attached hydrogen (secondary N) is 1. The van der Waals surface area contributed by atoms with Crippen LogP contribution in [0.25, 0.3) is 5.69 Å². The van der Waals surface area contributed by atoms with Crippen LogP contribution in [0.4, 0.5) is 10.5 Å². The third-order valence-electron chi connectivity index (χ3n) is 2.94. The van der Waals surface area contributed by atoms with Crippen LogP contribution in [-0.4, -0.2) is 26.3 Å². The summed E-state index contributed by atoms with van der Waals surface area (Å²) in [7, 11) is 0. The van der Waals surface area contributed by atoms with Crippen molar-refractivity contribution in [3.8, 4) is 5.69 Å². The summed E-state index contributed by atoms with van der Waals surface area (Å²) in [6.07, 6.45) is 0.996. The van der Waals surface area contributed by atoms with Crippen molar-refractivity contribution in [3.63, 3.8) is 0 Å². The number of ether oxygens (including phenoxy) is 1. The number of benzene rings is 2. The van der Waals surface area contributed by atoms with E-state index in [1.165, 1.54) is 11.0 Å². The molecule has 0 radical (unpaired) electrons. The van der Waals surface area contributed by atoms with Crippen molar-refractivity contribution in [2.75, 3.05) is 5.32 Å². The van der Waals surface area contributed by atoms with Gasteiger partial charge in [-0.2, -0.15) is 0 Å². The van der Waals surface area contributed by atoms with Crippen LogP contribution in [0, 0.1) is 0 Å². The average molecular weight is 295 g/mol. The number of hydrogen-bond acceptors (Lipinski definition) is 5. The topological polar surface area (TPSA) is 81.9 Å². The van der Waals surface area contributed by atoms with Gasteiger partial charge in [-0.3, -0.25) is 5.32 Å². The minimum atomic E-state index is -0.501. The van der Waals surface area contributed by atoms with E-state index in [0.717, 1.165) is 11.3 Å². The second kappa shape index (κ2) is 6.49. The Hall–Kier alpha value is -3.22. The molecule has 0 spiro atoms. The summed E-state index contributed by atoms with van der Waals surface area (Å²) >= 11 is 0. The van der Waals surface area contributed by atoms with Gasteiger partial charge in [-0.25, -0.2) is 9.48 Å². The largest absolute Gasteiger partial charge is 0.444 e. The van der Waals surface area contributed by atoms with Crippen LogP contribution in [-0.2, 0) is 11.3 Å². The van der Waals surface area contributed by atoms with Crippen LogP contribution < -0.4 is 5.32 Å². The number of anilines is 1. The number of amides is 1. The van der Waals surface area contributed by atoms with E-state index in [4.69, 9.17) is 4.74 Å². The summed E-state index contributed by atoms with van der Waals surface area (Å²) < 4.78 is 6.67. The Balaban J connectivity index is 1.55. The van der Waals surface area contributed by atoms with Crippen molar-refractivity contribution < 1.29 is 9.53 Å². The fourth-order valence-electron chi connectivity index (χ4n) is 1.85. The van der Waals surface area contributed by atoms with Gasteiger partial charge in [0.05, 0.1) is 5.69 Å². The number of tetrazole rings is 1. The number of hydrogen-bond donors (Lipinski definition) is 1. The number of rotatable bonds is 4. The van der Waals surface area contributed by atoms with E-state index in [1.54, 1.807) is 24.3 Å². The number of carbonyl (C=O) groups is 1. The molecule has 0 aliphatic carbocycles. The van der Waals surface area contributed by atoms with Crippen LogP contribution in [0.15, 0.2) is 60.9 Å². The molecule has 0 saturated carbocycles. The van der Waals surface area contributed by atoms with Crippen LogP contribution >= 0.6 is 0 Å². The maximum Gasteiger partial charge on any atom is 0.411 e. The summed E-state index contributed by atoms with van der Waals surface area (Å²) in [6.45, 7) is 0.232. The predicted molar refractivity (Wildman–Crippen MR) is 79.4 cm³/mol. The summed E-state index contributed by atoms with van der Waals surface area (Å²) in [6, 6.07) is 16.6. The van der Waals surface area contributed by atoms with Gasteiger partial charge in [0.1, 0.15) is 12.9 Å². The molecule has 0 atom stereocenters. The lowest BCUT2D eigenvalue weighted by Crippen LogP contribution is -2.13. The third-order valence-corrected chi connectivity index (χ3v) is 2.94. The molecular formula is C15H13N5O2. The molecule has 0 aliphatic rings. The summed E-state index contributed by atoms with van der Waals surface area (Å²) in [4.78, 5) is 11.7. The van der Waals surface area contributed by atoms with Crippen molar-refractivity contribution in [2.45, 2.75) is 6.61 Å². The van der Waals surface area contributed by atoms with Gasteiger partial charge < -0.3 is 4.74 Å². The van der Waals surface area contributed by atoms with E-state index < -0.39 is 6.09 Å². The first-order valence-corrected chi connectivity index (χ1v) is 6.62. The Kier molecular flexibility index (Phi) is 4.05. The van der Waals surface area contributed by atoms with E-state index in [-0.39, 0.29) is 6.61 Å². The standard InChI is InChI=1S/C15H13N5O2/c21-15(22-10-12-4-2-1-3-5-12)17-13-6-8-14(9-7-13)20-11-16-18-19-20/h1-9,11H,10H2,(H,17,21). The van der Waals surface area contributed by atoms with E-state index in [9.17, 15) is 4.79 Å². The summed E-state index contributed by atoms with van der Waals surface area (Å²) in [5.74, 6) is 0. The van der Waals surface area contributed by atoms with Crippen LogP contribution in [0.1, 0.15) is 5.56 Å². The molecule has 1 heterocycles. The molecule has 1 amide bonds. The fourth-order valence-corrected chi connectivity index (χ4v) is 1.85. The van der Waals surface area contributed by atoms with Gasteiger partial charge in [0, 0.05) is 5.69 Å². The maximum absolute atomic E-state index is 11.7.